The molecule has 2 nitrogen and oxygen atoms in total. The first kappa shape index (κ1) is 10.9. The zero-order chi connectivity index (χ0) is 12.3. The Labute approximate surface area is 113 Å². The van der Waals surface area contributed by atoms with Crippen molar-refractivity contribution in [3.8, 4) is 0 Å². The average molecular weight is 274 g/mol. The van der Waals surface area contributed by atoms with E-state index in [0.29, 0.717) is 21.3 Å². The predicted octanol–water partition coefficient (Wildman–Crippen LogP) is 2.35. The van der Waals surface area contributed by atoms with Gasteiger partial charge >= 0.3 is 0 Å². The van der Waals surface area contributed by atoms with Crippen molar-refractivity contribution in [2.45, 2.75) is 20.5 Å². The summed E-state index contributed by atoms with van der Waals surface area (Å²) in [6, 6.07) is 8.85. The summed E-state index contributed by atoms with van der Waals surface area (Å²) in [5, 5.41) is 1.49. The van der Waals surface area contributed by atoms with Crippen LogP contribution in [0.25, 0.3) is 0 Å². The van der Waals surface area contributed by atoms with Gasteiger partial charge < -0.3 is 0 Å². The third-order valence-electron chi connectivity index (χ3n) is 3.68. The van der Waals surface area contributed by atoms with Gasteiger partial charge in [0.1, 0.15) is 4.75 Å². The third kappa shape index (κ3) is 1.39. The molecule has 0 spiro atoms. The lowest BCUT2D eigenvalue weighted by Gasteiger charge is -2.10. The first-order chi connectivity index (χ1) is 8.72. The van der Waals surface area contributed by atoms with Crippen molar-refractivity contribution in [1.82, 2.24) is 0 Å². The average Bonchev–Trinajstić information content (AvgIpc) is 3.27. The molecule has 2 aliphatic heterocycles. The molecule has 3 aliphatic rings. The Morgan fingerprint density at radius 1 is 1.17 bits per heavy atom. The molecule has 2 fully saturated rings. The zero-order valence-corrected chi connectivity index (χ0v) is 11.0. The van der Waals surface area contributed by atoms with E-state index in [1.165, 1.54) is 0 Å². The second-order valence-electron chi connectivity index (χ2n) is 4.78. The van der Waals surface area contributed by atoms with Crippen molar-refractivity contribution in [2.75, 3.05) is 0 Å². The summed E-state index contributed by atoms with van der Waals surface area (Å²) in [5.74, 6) is -0.592. The van der Waals surface area contributed by atoms with Gasteiger partial charge in [-0.3, -0.25) is 9.59 Å². The van der Waals surface area contributed by atoms with Crippen molar-refractivity contribution in [1.29, 1.82) is 0 Å². The van der Waals surface area contributed by atoms with Crippen molar-refractivity contribution in [3.05, 3.63) is 48.0 Å². The largest absolute Gasteiger partial charge is 0.288 e. The van der Waals surface area contributed by atoms with E-state index in [0.717, 1.165) is 0 Å². The molecular weight excluding hydrogens is 264 g/mol. The Hall–Kier alpha value is -1.00. The fourth-order valence-corrected chi connectivity index (χ4v) is 5.49. The van der Waals surface area contributed by atoms with Crippen LogP contribution in [0.4, 0.5) is 0 Å². The van der Waals surface area contributed by atoms with Crippen molar-refractivity contribution in [3.63, 3.8) is 0 Å². The van der Waals surface area contributed by atoms with Gasteiger partial charge in [-0.25, -0.2) is 0 Å². The molecule has 0 amide bonds. The normalized spacial score (nSPS) is 38.6. The Balaban J connectivity index is 1.63. The minimum atomic E-state index is -0.530. The minimum Gasteiger partial charge on any atom is -0.288 e. The summed E-state index contributed by atoms with van der Waals surface area (Å²) < 4.78 is -0.530. The minimum absolute atomic E-state index is 0.245. The van der Waals surface area contributed by atoms with Crippen LogP contribution in [0.2, 0.25) is 0 Å². The predicted molar refractivity (Wildman–Crippen MR) is 74.2 cm³/mol. The molecule has 2 saturated heterocycles. The summed E-state index contributed by atoms with van der Waals surface area (Å²) in [6.07, 6.45) is 4.06. The Bertz CT molecular complexity index is 581. The van der Waals surface area contributed by atoms with Crippen LogP contribution in [0.15, 0.2) is 42.5 Å². The fourth-order valence-electron chi connectivity index (χ4n) is 2.55. The second kappa shape index (κ2) is 3.52. The Kier molecular flexibility index (Phi) is 2.12. The van der Waals surface area contributed by atoms with Gasteiger partial charge in [0.15, 0.2) is 0 Å². The molecule has 0 aromatic heterocycles. The van der Waals surface area contributed by atoms with Crippen LogP contribution in [-0.4, -0.2) is 32.1 Å². The number of hydrogen-bond acceptors (Lipinski definition) is 4. The second-order valence-corrected chi connectivity index (χ2v) is 7.56. The number of hydrogen-bond donors (Lipinski definition) is 0. The molecule has 2 heterocycles. The number of ketones is 2. The highest BCUT2D eigenvalue weighted by Gasteiger charge is 2.70. The molecule has 1 aliphatic carbocycles. The number of rotatable bonds is 3. The van der Waals surface area contributed by atoms with Crippen molar-refractivity contribution < 1.29 is 9.59 Å². The highest BCUT2D eigenvalue weighted by atomic mass is 32.2. The molecule has 4 unspecified atom stereocenters. The standard InChI is InChI=1S/C14H10O2S2/c15-10(8-4-2-1-3-5-8)12(16)14-7-6-9-11(17-9)13(14)18-14/h1-7,9,11,13H. The van der Waals surface area contributed by atoms with Gasteiger partial charge in [-0.1, -0.05) is 42.5 Å². The SMILES string of the molecule is O=C(C(=O)C12C=CC3SC3C1S2)c1ccccc1. The van der Waals surface area contributed by atoms with Gasteiger partial charge in [0, 0.05) is 21.3 Å². The van der Waals surface area contributed by atoms with E-state index >= 15 is 0 Å². The summed E-state index contributed by atoms with van der Waals surface area (Å²) in [4.78, 5) is 24.6. The molecule has 4 heteroatoms. The van der Waals surface area contributed by atoms with E-state index < -0.39 is 4.75 Å². The number of thioether (sulfide) groups is 2. The third-order valence-corrected chi connectivity index (χ3v) is 6.81. The number of carbonyl (C=O) groups is 2. The number of carbonyl (C=O) groups excluding carboxylic acids is 2. The van der Waals surface area contributed by atoms with Crippen LogP contribution in [-0.2, 0) is 4.79 Å². The van der Waals surface area contributed by atoms with Gasteiger partial charge in [-0.15, -0.1) is 23.5 Å². The lowest BCUT2D eigenvalue weighted by atomic mass is 9.88. The summed E-state index contributed by atoms with van der Waals surface area (Å²) in [5.41, 5.74) is 0.502. The first-order valence-corrected chi connectivity index (χ1v) is 7.71. The molecule has 0 N–H and O–H groups in total. The van der Waals surface area contributed by atoms with Crippen LogP contribution < -0.4 is 0 Å². The number of Topliss-reactive ketones (excluding diaryl/α,β-unsaturated/α-hetero) is 2. The maximum absolute atomic E-state index is 12.4. The molecule has 0 saturated carbocycles. The van der Waals surface area contributed by atoms with E-state index in [2.05, 4.69) is 6.08 Å². The Morgan fingerprint density at radius 3 is 2.72 bits per heavy atom. The smallest absolute Gasteiger partial charge is 0.230 e. The maximum atomic E-state index is 12.4. The number of benzene rings is 1. The molecule has 4 rings (SSSR count). The van der Waals surface area contributed by atoms with Crippen LogP contribution >= 0.6 is 23.5 Å². The van der Waals surface area contributed by atoms with Crippen LogP contribution in [0, 0.1) is 0 Å². The molecule has 90 valence electrons. The maximum Gasteiger partial charge on any atom is 0.230 e. The lowest BCUT2D eigenvalue weighted by molar-refractivity contribution is -0.115. The molecule has 4 atom stereocenters. The Morgan fingerprint density at radius 2 is 1.94 bits per heavy atom. The van der Waals surface area contributed by atoms with E-state index in [1.807, 2.05) is 23.9 Å². The van der Waals surface area contributed by atoms with E-state index in [9.17, 15) is 9.59 Å². The van der Waals surface area contributed by atoms with Crippen molar-refractivity contribution >= 4 is 35.1 Å². The van der Waals surface area contributed by atoms with Gasteiger partial charge in [-0.2, -0.15) is 0 Å². The number of fused-ring (bicyclic) bond motifs is 3. The highest BCUT2D eigenvalue weighted by molar-refractivity contribution is 8.14. The summed E-state index contributed by atoms with van der Waals surface area (Å²) >= 11 is 3.55. The molecule has 18 heavy (non-hydrogen) atoms. The highest BCUT2D eigenvalue weighted by Crippen LogP contribution is 2.69. The first-order valence-electron chi connectivity index (χ1n) is 5.89. The van der Waals surface area contributed by atoms with Gasteiger partial charge in [0.05, 0.1) is 0 Å². The van der Waals surface area contributed by atoms with E-state index in [1.54, 1.807) is 36.0 Å². The van der Waals surface area contributed by atoms with E-state index in [4.69, 9.17) is 0 Å². The van der Waals surface area contributed by atoms with Gasteiger partial charge in [-0.05, 0) is 0 Å². The molecule has 0 radical (unpaired) electrons. The van der Waals surface area contributed by atoms with Crippen LogP contribution in [0.5, 0.6) is 0 Å². The summed E-state index contributed by atoms with van der Waals surface area (Å²) in [6.45, 7) is 0. The zero-order valence-electron chi connectivity index (χ0n) is 9.41. The molecule has 1 aromatic carbocycles. The van der Waals surface area contributed by atoms with E-state index in [-0.39, 0.29) is 11.6 Å². The van der Waals surface area contributed by atoms with Crippen LogP contribution in [0.3, 0.4) is 0 Å². The van der Waals surface area contributed by atoms with Crippen LogP contribution in [0.1, 0.15) is 10.4 Å². The molecular formula is C14H10O2S2. The van der Waals surface area contributed by atoms with Crippen molar-refractivity contribution in [2.24, 2.45) is 0 Å². The van der Waals surface area contributed by atoms with Gasteiger partial charge in [0.25, 0.3) is 0 Å². The summed E-state index contributed by atoms with van der Waals surface area (Å²) in [7, 11) is 0. The monoisotopic (exact) mass is 274 g/mol. The topological polar surface area (TPSA) is 34.1 Å². The molecule has 0 bridgehead atoms. The van der Waals surface area contributed by atoms with Gasteiger partial charge in [0.2, 0.25) is 11.6 Å². The lowest BCUT2D eigenvalue weighted by Crippen LogP contribution is -2.35. The quantitative estimate of drug-likeness (QED) is 0.367. The fraction of sp³-hybridized carbons (Fsp3) is 0.286. The molecule has 1 aromatic rings.